The molecule has 1 nitrogen and oxygen atoms in total. The molecule has 1 rings (SSSR count). The van der Waals surface area contributed by atoms with Crippen LogP contribution >= 0.6 is 0 Å². The number of rotatable bonds is 4. The van der Waals surface area contributed by atoms with Crippen molar-refractivity contribution in [3.63, 3.8) is 0 Å². The summed E-state index contributed by atoms with van der Waals surface area (Å²) in [4.78, 5) is 0. The van der Waals surface area contributed by atoms with Gasteiger partial charge in [-0.2, -0.15) is 0 Å². The molecule has 0 aliphatic carbocycles. The minimum Gasteiger partial charge on any atom is -0.380 e. The van der Waals surface area contributed by atoms with Crippen LogP contribution in [0.2, 0.25) is 0 Å². The molecule has 0 saturated heterocycles. The van der Waals surface area contributed by atoms with Crippen LogP contribution in [0.3, 0.4) is 0 Å². The summed E-state index contributed by atoms with van der Waals surface area (Å²) in [6.07, 6.45) is 5.32. The van der Waals surface area contributed by atoms with Gasteiger partial charge in [0.1, 0.15) is 0 Å². The molecule has 0 spiro atoms. The van der Waals surface area contributed by atoms with Crippen molar-refractivity contribution in [3.8, 4) is 0 Å². The summed E-state index contributed by atoms with van der Waals surface area (Å²) in [7, 11) is 0. The Balaban J connectivity index is 2.59. The molecule has 0 amide bonds. The molecule has 0 radical (unpaired) electrons. The standard InChI is InChI=1S/C13H19N/c1-4-5-11-13(2,3)14-12-9-7-6-8-10-12/h4-10,14H,11H2,1-3H3/b5-4+. The molecule has 0 unspecified atom stereocenters. The van der Waals surface area contributed by atoms with Gasteiger partial charge >= 0.3 is 0 Å². The lowest BCUT2D eigenvalue weighted by molar-refractivity contribution is 0.576. The molecular formula is C13H19N. The molecule has 76 valence electrons. The molecule has 14 heavy (non-hydrogen) atoms. The highest BCUT2D eigenvalue weighted by Crippen LogP contribution is 2.17. The van der Waals surface area contributed by atoms with Gasteiger partial charge in [-0.1, -0.05) is 30.4 Å². The van der Waals surface area contributed by atoms with E-state index in [-0.39, 0.29) is 5.54 Å². The van der Waals surface area contributed by atoms with Gasteiger partial charge in [-0.3, -0.25) is 0 Å². The molecule has 1 aromatic carbocycles. The maximum Gasteiger partial charge on any atom is 0.0351 e. The zero-order valence-electron chi connectivity index (χ0n) is 9.25. The summed E-state index contributed by atoms with van der Waals surface area (Å²) in [6, 6.07) is 10.3. The van der Waals surface area contributed by atoms with E-state index in [0.717, 1.165) is 6.42 Å². The molecule has 0 aliphatic rings. The van der Waals surface area contributed by atoms with Gasteiger partial charge in [0.15, 0.2) is 0 Å². The highest BCUT2D eigenvalue weighted by Gasteiger charge is 2.14. The van der Waals surface area contributed by atoms with Gasteiger partial charge in [-0.25, -0.2) is 0 Å². The first-order valence-corrected chi connectivity index (χ1v) is 5.08. The highest BCUT2D eigenvalue weighted by atomic mass is 15.0. The van der Waals surface area contributed by atoms with Gasteiger partial charge in [0.05, 0.1) is 0 Å². The number of allylic oxidation sites excluding steroid dienone is 1. The zero-order chi connectivity index (χ0) is 10.4. The number of hydrogen-bond donors (Lipinski definition) is 1. The number of para-hydroxylation sites is 1. The Hall–Kier alpha value is -1.24. The summed E-state index contributed by atoms with van der Waals surface area (Å²) in [5.41, 5.74) is 1.30. The van der Waals surface area contributed by atoms with Crippen molar-refractivity contribution in [1.82, 2.24) is 0 Å². The quantitative estimate of drug-likeness (QED) is 0.709. The lowest BCUT2D eigenvalue weighted by Crippen LogP contribution is -2.29. The summed E-state index contributed by atoms with van der Waals surface area (Å²) < 4.78 is 0. The van der Waals surface area contributed by atoms with Crippen molar-refractivity contribution in [2.24, 2.45) is 0 Å². The summed E-state index contributed by atoms with van der Waals surface area (Å²) in [5.74, 6) is 0. The van der Waals surface area contributed by atoms with E-state index in [1.54, 1.807) is 0 Å². The monoisotopic (exact) mass is 189 g/mol. The third-order valence-electron chi connectivity index (χ3n) is 2.12. The van der Waals surface area contributed by atoms with Gasteiger partial charge < -0.3 is 5.32 Å². The van der Waals surface area contributed by atoms with Crippen molar-refractivity contribution in [2.75, 3.05) is 5.32 Å². The van der Waals surface area contributed by atoms with E-state index in [1.807, 2.05) is 18.2 Å². The maximum absolute atomic E-state index is 3.50. The van der Waals surface area contributed by atoms with Crippen LogP contribution in [0.1, 0.15) is 27.2 Å². The van der Waals surface area contributed by atoms with Gasteiger partial charge in [0, 0.05) is 11.2 Å². The first kappa shape index (κ1) is 10.8. The van der Waals surface area contributed by atoms with Crippen LogP contribution in [-0.4, -0.2) is 5.54 Å². The fraction of sp³-hybridized carbons (Fsp3) is 0.385. The minimum atomic E-state index is 0.119. The number of anilines is 1. The lowest BCUT2D eigenvalue weighted by atomic mass is 10.00. The first-order valence-electron chi connectivity index (χ1n) is 5.08. The number of nitrogens with one attached hydrogen (secondary N) is 1. The van der Waals surface area contributed by atoms with Gasteiger partial charge in [-0.05, 0) is 39.3 Å². The van der Waals surface area contributed by atoms with Crippen LogP contribution < -0.4 is 5.32 Å². The number of benzene rings is 1. The molecule has 0 heterocycles. The third-order valence-corrected chi connectivity index (χ3v) is 2.12. The van der Waals surface area contributed by atoms with Crippen LogP contribution in [0.4, 0.5) is 5.69 Å². The predicted octanol–water partition coefficient (Wildman–Crippen LogP) is 3.84. The molecule has 0 bridgehead atoms. The van der Waals surface area contributed by atoms with Crippen molar-refractivity contribution >= 4 is 5.69 Å². The summed E-state index contributed by atoms with van der Waals surface area (Å²) in [6.45, 7) is 6.47. The molecular weight excluding hydrogens is 170 g/mol. The summed E-state index contributed by atoms with van der Waals surface area (Å²) in [5, 5.41) is 3.50. The van der Waals surface area contributed by atoms with E-state index < -0.39 is 0 Å². The maximum atomic E-state index is 3.50. The molecule has 0 fully saturated rings. The Kier molecular flexibility index (Phi) is 3.75. The van der Waals surface area contributed by atoms with Crippen molar-refractivity contribution < 1.29 is 0 Å². The Morgan fingerprint density at radius 3 is 2.43 bits per heavy atom. The normalized spacial score (nSPS) is 11.9. The Labute approximate surface area is 86.8 Å². The van der Waals surface area contributed by atoms with E-state index >= 15 is 0 Å². The van der Waals surface area contributed by atoms with E-state index in [1.165, 1.54) is 5.69 Å². The van der Waals surface area contributed by atoms with E-state index in [9.17, 15) is 0 Å². The second-order valence-electron chi connectivity index (χ2n) is 4.15. The van der Waals surface area contributed by atoms with Crippen molar-refractivity contribution in [2.45, 2.75) is 32.7 Å². The molecule has 1 heteroatoms. The van der Waals surface area contributed by atoms with Crippen LogP contribution in [0.25, 0.3) is 0 Å². The second kappa shape index (κ2) is 4.85. The summed E-state index contributed by atoms with van der Waals surface area (Å²) >= 11 is 0. The van der Waals surface area contributed by atoms with Crippen LogP contribution in [0.5, 0.6) is 0 Å². The Morgan fingerprint density at radius 2 is 1.86 bits per heavy atom. The average molecular weight is 189 g/mol. The Morgan fingerprint density at radius 1 is 1.21 bits per heavy atom. The fourth-order valence-corrected chi connectivity index (χ4v) is 1.38. The molecule has 0 aliphatic heterocycles. The molecule has 1 aromatic rings. The SMILES string of the molecule is C/C=C/CC(C)(C)Nc1ccccc1. The fourth-order valence-electron chi connectivity index (χ4n) is 1.38. The van der Waals surface area contributed by atoms with Crippen molar-refractivity contribution in [3.05, 3.63) is 42.5 Å². The molecule has 0 saturated carbocycles. The third kappa shape index (κ3) is 3.65. The zero-order valence-corrected chi connectivity index (χ0v) is 9.25. The second-order valence-corrected chi connectivity index (χ2v) is 4.15. The molecule has 0 aromatic heterocycles. The minimum absolute atomic E-state index is 0.119. The number of hydrogen-bond acceptors (Lipinski definition) is 1. The first-order chi connectivity index (χ1) is 6.64. The van der Waals surface area contributed by atoms with Crippen LogP contribution in [-0.2, 0) is 0 Å². The van der Waals surface area contributed by atoms with Crippen LogP contribution in [0.15, 0.2) is 42.5 Å². The van der Waals surface area contributed by atoms with Gasteiger partial charge in [-0.15, -0.1) is 0 Å². The van der Waals surface area contributed by atoms with Crippen molar-refractivity contribution in [1.29, 1.82) is 0 Å². The molecule has 0 atom stereocenters. The Bertz CT molecular complexity index is 285. The van der Waals surface area contributed by atoms with Gasteiger partial charge in [0.25, 0.3) is 0 Å². The largest absolute Gasteiger partial charge is 0.380 e. The predicted molar refractivity (Wildman–Crippen MR) is 63.6 cm³/mol. The topological polar surface area (TPSA) is 12.0 Å². The van der Waals surface area contributed by atoms with Gasteiger partial charge in [0.2, 0.25) is 0 Å². The lowest BCUT2D eigenvalue weighted by Gasteiger charge is -2.26. The highest BCUT2D eigenvalue weighted by molar-refractivity contribution is 5.44. The van der Waals surface area contributed by atoms with Crippen LogP contribution in [0, 0.1) is 0 Å². The van der Waals surface area contributed by atoms with E-state index in [2.05, 4.69) is 50.4 Å². The van der Waals surface area contributed by atoms with E-state index in [0.29, 0.717) is 0 Å². The molecule has 1 N–H and O–H groups in total. The smallest absolute Gasteiger partial charge is 0.0351 e. The van der Waals surface area contributed by atoms with E-state index in [4.69, 9.17) is 0 Å². The average Bonchev–Trinajstić information content (AvgIpc) is 2.16.